The van der Waals surface area contributed by atoms with E-state index < -0.39 is 0 Å². The Balaban J connectivity index is 1.96. The monoisotopic (exact) mass is 268 g/mol. The Hall–Kier alpha value is -0.610. The van der Waals surface area contributed by atoms with Gasteiger partial charge in [0.05, 0.1) is 12.7 Å². The zero-order chi connectivity index (χ0) is 13.9. The number of nitrogens with zero attached hydrogens (tertiary/aromatic N) is 1. The fraction of sp³-hybridized carbons (Fsp3) is 0.933. The lowest BCUT2D eigenvalue weighted by Gasteiger charge is -2.35. The molecule has 0 aromatic carbocycles. The second kappa shape index (κ2) is 6.23. The lowest BCUT2D eigenvalue weighted by Crippen LogP contribution is -2.46. The highest BCUT2D eigenvalue weighted by Crippen LogP contribution is 2.33. The van der Waals surface area contributed by atoms with Crippen molar-refractivity contribution >= 4 is 5.91 Å². The van der Waals surface area contributed by atoms with Gasteiger partial charge >= 0.3 is 0 Å². The average Bonchev–Trinajstić information content (AvgIpc) is 2.98. The number of ether oxygens (including phenoxy) is 1. The third-order valence-corrected chi connectivity index (χ3v) is 4.55. The molecule has 2 rings (SSSR count). The Morgan fingerprint density at radius 2 is 2.05 bits per heavy atom. The van der Waals surface area contributed by atoms with Crippen LogP contribution in [0.4, 0.5) is 0 Å². The lowest BCUT2D eigenvalue weighted by atomic mass is 9.88. The maximum Gasteiger partial charge on any atom is 0.237 e. The van der Waals surface area contributed by atoms with Crippen molar-refractivity contribution in [1.82, 2.24) is 10.2 Å². The first-order chi connectivity index (χ1) is 9.03. The largest absolute Gasteiger partial charge is 0.385 e. The van der Waals surface area contributed by atoms with Crippen molar-refractivity contribution < 1.29 is 9.53 Å². The summed E-state index contributed by atoms with van der Waals surface area (Å²) in [4.78, 5) is 14.2. The molecule has 19 heavy (non-hydrogen) atoms. The molecule has 1 N–H and O–H groups in total. The molecule has 0 aromatic rings. The van der Waals surface area contributed by atoms with Gasteiger partial charge in [-0.05, 0) is 30.6 Å². The van der Waals surface area contributed by atoms with Gasteiger partial charge in [-0.2, -0.15) is 0 Å². The maximum atomic E-state index is 12.1. The summed E-state index contributed by atoms with van der Waals surface area (Å²) < 4.78 is 5.18. The third kappa shape index (κ3) is 3.69. The van der Waals surface area contributed by atoms with Gasteiger partial charge in [0, 0.05) is 20.3 Å². The van der Waals surface area contributed by atoms with Crippen LogP contribution < -0.4 is 5.32 Å². The van der Waals surface area contributed by atoms with Gasteiger partial charge in [-0.1, -0.05) is 26.7 Å². The summed E-state index contributed by atoms with van der Waals surface area (Å²) in [5, 5.41) is 3.42. The molecule has 1 atom stereocenters. The van der Waals surface area contributed by atoms with E-state index in [4.69, 9.17) is 4.74 Å². The van der Waals surface area contributed by atoms with Gasteiger partial charge in [0.1, 0.15) is 0 Å². The molecule has 0 bridgehead atoms. The first-order valence-corrected chi connectivity index (χ1v) is 7.55. The molecule has 2 fully saturated rings. The molecule has 110 valence electrons. The molecule has 1 saturated heterocycles. The van der Waals surface area contributed by atoms with Crippen LogP contribution in [0.3, 0.4) is 0 Å². The Bertz CT molecular complexity index is 311. The highest BCUT2D eigenvalue weighted by molar-refractivity contribution is 5.80. The summed E-state index contributed by atoms with van der Waals surface area (Å²) in [6, 6.07) is 0. The average molecular weight is 268 g/mol. The fourth-order valence-electron chi connectivity index (χ4n) is 3.36. The minimum Gasteiger partial charge on any atom is -0.385 e. The topological polar surface area (TPSA) is 41.6 Å². The second-order valence-electron chi connectivity index (χ2n) is 6.80. The van der Waals surface area contributed by atoms with Gasteiger partial charge in [-0.25, -0.2) is 0 Å². The van der Waals surface area contributed by atoms with Crippen LogP contribution in [0.5, 0.6) is 0 Å². The van der Waals surface area contributed by atoms with Crippen molar-refractivity contribution in [2.24, 2.45) is 11.3 Å². The van der Waals surface area contributed by atoms with Gasteiger partial charge < -0.3 is 9.64 Å². The molecular formula is C15H28N2O2. The molecule has 1 aliphatic heterocycles. The molecule has 4 nitrogen and oxygen atoms in total. The predicted octanol–water partition coefficient (Wildman–Crippen LogP) is 2.00. The van der Waals surface area contributed by atoms with Crippen LogP contribution in [0, 0.1) is 11.3 Å². The van der Waals surface area contributed by atoms with Crippen LogP contribution in [0.15, 0.2) is 0 Å². The predicted molar refractivity (Wildman–Crippen MR) is 75.7 cm³/mol. The molecule has 1 aliphatic carbocycles. The summed E-state index contributed by atoms with van der Waals surface area (Å²) in [6.07, 6.45) is 6.43. The zero-order valence-electron chi connectivity index (χ0n) is 12.6. The number of rotatable bonds is 6. The minimum absolute atomic E-state index is 0.120. The van der Waals surface area contributed by atoms with E-state index in [9.17, 15) is 4.79 Å². The van der Waals surface area contributed by atoms with Gasteiger partial charge in [0.15, 0.2) is 0 Å². The molecule has 0 aromatic heterocycles. The normalized spacial score (nSPS) is 25.5. The quantitative estimate of drug-likeness (QED) is 0.801. The molecular weight excluding hydrogens is 240 g/mol. The Kier molecular flexibility index (Phi) is 4.85. The van der Waals surface area contributed by atoms with Gasteiger partial charge in [0.2, 0.25) is 5.91 Å². The fourth-order valence-corrected chi connectivity index (χ4v) is 3.36. The standard InChI is InChI=1S/C15H28N2O2/c1-15(2,8-9-19-3)11-17-13(18)10-16-14(17)12-6-4-5-7-12/h12,14,16H,4-11H2,1-3H3. The molecule has 1 amide bonds. The van der Waals surface area contributed by atoms with Gasteiger partial charge in [-0.3, -0.25) is 10.1 Å². The number of hydrogen-bond acceptors (Lipinski definition) is 3. The van der Waals surface area contributed by atoms with Crippen LogP contribution in [0.2, 0.25) is 0 Å². The molecule has 0 radical (unpaired) electrons. The van der Waals surface area contributed by atoms with E-state index in [0.717, 1.165) is 19.6 Å². The number of hydrogen-bond donors (Lipinski definition) is 1. The van der Waals surface area contributed by atoms with Crippen molar-refractivity contribution in [2.45, 2.75) is 52.1 Å². The third-order valence-electron chi connectivity index (χ3n) is 4.55. The smallest absolute Gasteiger partial charge is 0.237 e. The minimum atomic E-state index is 0.120. The Morgan fingerprint density at radius 1 is 1.37 bits per heavy atom. The van der Waals surface area contributed by atoms with Crippen LogP contribution in [-0.2, 0) is 9.53 Å². The summed E-state index contributed by atoms with van der Waals surface area (Å²) in [7, 11) is 1.74. The molecule has 0 spiro atoms. The van der Waals surface area contributed by atoms with Crippen LogP contribution in [0.25, 0.3) is 0 Å². The van der Waals surface area contributed by atoms with Crippen molar-refractivity contribution in [3.63, 3.8) is 0 Å². The van der Waals surface area contributed by atoms with Crippen molar-refractivity contribution in [1.29, 1.82) is 0 Å². The number of methoxy groups -OCH3 is 1. The number of carbonyl (C=O) groups is 1. The first-order valence-electron chi connectivity index (χ1n) is 7.55. The van der Waals surface area contributed by atoms with E-state index in [0.29, 0.717) is 12.5 Å². The zero-order valence-corrected chi connectivity index (χ0v) is 12.6. The van der Waals surface area contributed by atoms with Crippen molar-refractivity contribution in [3.8, 4) is 0 Å². The lowest BCUT2D eigenvalue weighted by molar-refractivity contribution is -0.130. The van der Waals surface area contributed by atoms with E-state index in [1.54, 1.807) is 7.11 Å². The second-order valence-corrected chi connectivity index (χ2v) is 6.80. The molecule has 1 saturated carbocycles. The van der Waals surface area contributed by atoms with Crippen molar-refractivity contribution in [2.75, 3.05) is 26.8 Å². The van der Waals surface area contributed by atoms with E-state index in [1.165, 1.54) is 25.7 Å². The van der Waals surface area contributed by atoms with Crippen molar-refractivity contribution in [3.05, 3.63) is 0 Å². The van der Waals surface area contributed by atoms with E-state index in [2.05, 4.69) is 24.1 Å². The van der Waals surface area contributed by atoms with E-state index in [1.807, 2.05) is 0 Å². The SMILES string of the molecule is COCCC(C)(C)CN1C(=O)CNC1C1CCCC1. The van der Waals surface area contributed by atoms with Crippen LogP contribution >= 0.6 is 0 Å². The molecule has 2 aliphatic rings. The van der Waals surface area contributed by atoms with Crippen LogP contribution in [0.1, 0.15) is 46.0 Å². The van der Waals surface area contributed by atoms with Gasteiger partial charge in [-0.15, -0.1) is 0 Å². The highest BCUT2D eigenvalue weighted by Gasteiger charge is 2.39. The van der Waals surface area contributed by atoms with Gasteiger partial charge in [0.25, 0.3) is 0 Å². The number of carbonyl (C=O) groups excluding carboxylic acids is 1. The molecule has 4 heteroatoms. The summed E-state index contributed by atoms with van der Waals surface area (Å²) >= 11 is 0. The summed E-state index contributed by atoms with van der Waals surface area (Å²) in [5.74, 6) is 0.923. The highest BCUT2D eigenvalue weighted by atomic mass is 16.5. The Morgan fingerprint density at radius 3 is 2.68 bits per heavy atom. The Labute approximate surface area is 116 Å². The molecule has 1 unspecified atom stereocenters. The van der Waals surface area contributed by atoms with Crippen LogP contribution in [-0.4, -0.2) is 43.8 Å². The van der Waals surface area contributed by atoms with E-state index >= 15 is 0 Å². The summed E-state index contributed by atoms with van der Waals surface area (Å²) in [6.45, 7) is 6.56. The summed E-state index contributed by atoms with van der Waals surface area (Å²) in [5.41, 5.74) is 0.120. The maximum absolute atomic E-state index is 12.1. The van der Waals surface area contributed by atoms with E-state index in [-0.39, 0.29) is 17.5 Å². The molecule has 1 heterocycles. The first kappa shape index (κ1) is 14.8. The number of amides is 1. The number of nitrogens with one attached hydrogen (secondary N) is 1.